The molecule has 1 saturated carbocycles. The van der Waals surface area contributed by atoms with E-state index in [1.807, 2.05) is 25.1 Å². The van der Waals surface area contributed by atoms with Crippen molar-refractivity contribution in [2.24, 2.45) is 5.10 Å². The van der Waals surface area contributed by atoms with Crippen LogP contribution in [-0.2, 0) is 4.79 Å². The first-order valence-corrected chi connectivity index (χ1v) is 7.69. The summed E-state index contributed by atoms with van der Waals surface area (Å²) in [5.74, 6) is 0.514. The molecule has 0 radical (unpaired) electrons. The summed E-state index contributed by atoms with van der Waals surface area (Å²) in [6.45, 7) is 4.08. The van der Waals surface area contributed by atoms with Crippen LogP contribution in [0.1, 0.15) is 49.7 Å². The van der Waals surface area contributed by atoms with Crippen LogP contribution in [-0.4, -0.2) is 18.2 Å². The molecular weight excluding hydrogens is 264 g/mol. The third kappa shape index (κ3) is 5.21. The summed E-state index contributed by atoms with van der Waals surface area (Å²) in [5, 5.41) is 4.22. The van der Waals surface area contributed by atoms with E-state index in [9.17, 15) is 4.79 Å². The fourth-order valence-electron chi connectivity index (χ4n) is 2.37. The van der Waals surface area contributed by atoms with Crippen LogP contribution in [0.15, 0.2) is 23.3 Å². The molecule has 0 atom stereocenters. The van der Waals surface area contributed by atoms with Gasteiger partial charge < -0.3 is 4.74 Å². The van der Waals surface area contributed by atoms with Gasteiger partial charge in [0.25, 0.3) is 5.91 Å². The molecule has 4 heteroatoms. The maximum Gasteiger partial charge on any atom is 0.277 e. The Balaban J connectivity index is 1.78. The van der Waals surface area contributed by atoms with Crippen LogP contribution in [0.2, 0.25) is 0 Å². The number of aryl methyl sites for hydroxylation is 2. The normalized spacial score (nSPS) is 15.2. The van der Waals surface area contributed by atoms with Crippen molar-refractivity contribution >= 4 is 11.6 Å². The molecule has 0 bridgehead atoms. The van der Waals surface area contributed by atoms with E-state index in [4.69, 9.17) is 4.74 Å². The van der Waals surface area contributed by atoms with Crippen molar-refractivity contribution in [2.75, 3.05) is 6.61 Å². The highest BCUT2D eigenvalue weighted by Crippen LogP contribution is 2.16. The minimum absolute atomic E-state index is 0.000713. The van der Waals surface area contributed by atoms with Crippen LogP contribution in [0, 0.1) is 13.8 Å². The zero-order valence-corrected chi connectivity index (χ0v) is 12.9. The molecule has 1 amide bonds. The highest BCUT2D eigenvalue weighted by Gasteiger charge is 2.07. The Kier molecular flexibility index (Phi) is 5.78. The Labute approximate surface area is 126 Å². The summed E-state index contributed by atoms with van der Waals surface area (Å²) in [7, 11) is 0. The van der Waals surface area contributed by atoms with Crippen LogP contribution in [0.25, 0.3) is 0 Å². The van der Waals surface area contributed by atoms with Crippen molar-refractivity contribution in [3.63, 3.8) is 0 Å². The van der Waals surface area contributed by atoms with Gasteiger partial charge in [-0.3, -0.25) is 4.79 Å². The number of carbonyl (C=O) groups is 1. The molecule has 0 aliphatic heterocycles. The largest absolute Gasteiger partial charge is 0.484 e. The molecule has 114 valence electrons. The molecule has 2 rings (SSSR count). The number of nitrogens with zero attached hydrogens (tertiary/aromatic N) is 1. The molecule has 4 nitrogen and oxygen atoms in total. The molecule has 1 N–H and O–H groups in total. The summed E-state index contributed by atoms with van der Waals surface area (Å²) in [5.41, 5.74) is 6.08. The molecule has 0 saturated heterocycles. The summed E-state index contributed by atoms with van der Waals surface area (Å²) < 4.78 is 5.49. The van der Waals surface area contributed by atoms with Crippen LogP contribution in [0.3, 0.4) is 0 Å². The van der Waals surface area contributed by atoms with E-state index in [0.29, 0.717) is 0 Å². The average molecular weight is 288 g/mol. The van der Waals surface area contributed by atoms with Crippen LogP contribution in [0.5, 0.6) is 5.75 Å². The van der Waals surface area contributed by atoms with Gasteiger partial charge in [-0.25, -0.2) is 5.43 Å². The highest BCUT2D eigenvalue weighted by molar-refractivity contribution is 5.86. The molecule has 1 aliphatic rings. The second kappa shape index (κ2) is 7.81. The highest BCUT2D eigenvalue weighted by atomic mass is 16.5. The maximum atomic E-state index is 11.8. The zero-order chi connectivity index (χ0) is 15.1. The van der Waals surface area contributed by atoms with Gasteiger partial charge in [-0.15, -0.1) is 0 Å². The molecule has 0 aromatic heterocycles. The quantitative estimate of drug-likeness (QED) is 0.681. The van der Waals surface area contributed by atoms with Crippen LogP contribution >= 0.6 is 0 Å². The minimum Gasteiger partial charge on any atom is -0.484 e. The van der Waals surface area contributed by atoms with E-state index >= 15 is 0 Å². The first kappa shape index (κ1) is 15.5. The molecule has 0 spiro atoms. The monoisotopic (exact) mass is 288 g/mol. The number of benzene rings is 1. The Bertz CT molecular complexity index is 514. The molecule has 1 aliphatic carbocycles. The predicted octanol–water partition coefficient (Wildman–Crippen LogP) is 3.51. The second-order valence-corrected chi connectivity index (χ2v) is 5.66. The SMILES string of the molecule is Cc1ccc(OCC(=O)NN=C2CCCCCC2)cc1C. The molecule has 0 heterocycles. The Morgan fingerprint density at radius 3 is 2.52 bits per heavy atom. The molecule has 1 fully saturated rings. The van der Waals surface area contributed by atoms with E-state index < -0.39 is 0 Å². The van der Waals surface area contributed by atoms with Crippen molar-refractivity contribution < 1.29 is 9.53 Å². The minimum atomic E-state index is -0.204. The molecule has 1 aromatic carbocycles. The summed E-state index contributed by atoms with van der Waals surface area (Å²) in [6, 6.07) is 5.82. The van der Waals surface area contributed by atoms with Crippen molar-refractivity contribution in [1.29, 1.82) is 0 Å². The number of carbonyl (C=O) groups excluding carboxylic acids is 1. The summed E-state index contributed by atoms with van der Waals surface area (Å²) in [6.07, 6.45) is 6.88. The van der Waals surface area contributed by atoms with Gasteiger partial charge in [-0.1, -0.05) is 18.9 Å². The van der Waals surface area contributed by atoms with Crippen molar-refractivity contribution in [1.82, 2.24) is 5.43 Å². The van der Waals surface area contributed by atoms with E-state index in [1.54, 1.807) is 0 Å². The van der Waals surface area contributed by atoms with Gasteiger partial charge in [0.2, 0.25) is 0 Å². The zero-order valence-electron chi connectivity index (χ0n) is 12.9. The van der Waals surface area contributed by atoms with Gasteiger partial charge in [-0.05, 0) is 62.8 Å². The number of rotatable bonds is 4. The van der Waals surface area contributed by atoms with E-state index in [-0.39, 0.29) is 12.5 Å². The third-order valence-corrected chi connectivity index (χ3v) is 3.87. The van der Waals surface area contributed by atoms with E-state index in [0.717, 1.165) is 29.9 Å². The number of ether oxygens (including phenoxy) is 1. The number of amides is 1. The van der Waals surface area contributed by atoms with Gasteiger partial charge in [0, 0.05) is 5.71 Å². The first-order chi connectivity index (χ1) is 10.1. The number of hydrogen-bond donors (Lipinski definition) is 1. The standard InChI is InChI=1S/C17H24N2O2/c1-13-9-10-16(11-14(13)2)21-12-17(20)19-18-15-7-5-3-4-6-8-15/h9-11H,3-8,12H2,1-2H3,(H,19,20). The lowest BCUT2D eigenvalue weighted by molar-refractivity contribution is -0.123. The Hall–Kier alpha value is -1.84. The van der Waals surface area contributed by atoms with Crippen molar-refractivity contribution in [3.8, 4) is 5.75 Å². The Morgan fingerprint density at radius 1 is 1.14 bits per heavy atom. The first-order valence-electron chi connectivity index (χ1n) is 7.69. The van der Waals surface area contributed by atoms with Crippen molar-refractivity contribution in [3.05, 3.63) is 29.3 Å². The smallest absolute Gasteiger partial charge is 0.277 e. The fourth-order valence-corrected chi connectivity index (χ4v) is 2.37. The van der Waals surface area contributed by atoms with Crippen LogP contribution < -0.4 is 10.2 Å². The van der Waals surface area contributed by atoms with Gasteiger partial charge in [0.1, 0.15) is 5.75 Å². The lowest BCUT2D eigenvalue weighted by Gasteiger charge is -2.08. The average Bonchev–Trinajstić information content (AvgIpc) is 2.75. The molecular formula is C17H24N2O2. The number of hydrazone groups is 1. The van der Waals surface area contributed by atoms with Crippen molar-refractivity contribution in [2.45, 2.75) is 52.4 Å². The lowest BCUT2D eigenvalue weighted by atomic mass is 10.1. The summed E-state index contributed by atoms with van der Waals surface area (Å²) >= 11 is 0. The lowest BCUT2D eigenvalue weighted by Crippen LogP contribution is -2.25. The van der Waals surface area contributed by atoms with E-state index in [2.05, 4.69) is 17.5 Å². The van der Waals surface area contributed by atoms with Gasteiger partial charge in [-0.2, -0.15) is 5.10 Å². The fraction of sp³-hybridized carbons (Fsp3) is 0.529. The topological polar surface area (TPSA) is 50.7 Å². The third-order valence-electron chi connectivity index (χ3n) is 3.87. The maximum absolute atomic E-state index is 11.8. The number of nitrogens with one attached hydrogen (secondary N) is 1. The van der Waals surface area contributed by atoms with Crippen LogP contribution in [0.4, 0.5) is 0 Å². The van der Waals surface area contributed by atoms with Gasteiger partial charge in [0.15, 0.2) is 6.61 Å². The molecule has 1 aromatic rings. The molecule has 0 unspecified atom stereocenters. The van der Waals surface area contributed by atoms with Gasteiger partial charge in [0.05, 0.1) is 0 Å². The molecule has 21 heavy (non-hydrogen) atoms. The second-order valence-electron chi connectivity index (χ2n) is 5.66. The number of hydrogen-bond acceptors (Lipinski definition) is 3. The van der Waals surface area contributed by atoms with Gasteiger partial charge >= 0.3 is 0 Å². The Morgan fingerprint density at radius 2 is 1.86 bits per heavy atom. The predicted molar refractivity (Wildman–Crippen MR) is 84.7 cm³/mol. The summed E-state index contributed by atoms with van der Waals surface area (Å²) in [4.78, 5) is 11.8. The van der Waals surface area contributed by atoms with E-state index in [1.165, 1.54) is 31.2 Å².